The summed E-state index contributed by atoms with van der Waals surface area (Å²) in [5.41, 5.74) is 6.36. The second-order valence-corrected chi connectivity index (χ2v) is 4.89. The van der Waals surface area contributed by atoms with Crippen molar-refractivity contribution in [1.82, 2.24) is 0 Å². The van der Waals surface area contributed by atoms with Crippen LogP contribution in [0.25, 0.3) is 0 Å². The number of para-hydroxylation sites is 1. The van der Waals surface area contributed by atoms with Crippen LogP contribution in [-0.4, -0.2) is 30.1 Å². The van der Waals surface area contributed by atoms with E-state index in [2.05, 4.69) is 0 Å². The first kappa shape index (κ1) is 15.2. The average molecular weight is 264 g/mol. The number of carbonyl (C=O) groups is 2. The number of hydrogen-bond acceptors (Lipinski definition) is 3. The van der Waals surface area contributed by atoms with E-state index in [4.69, 9.17) is 10.8 Å². The SMILES string of the molecule is CC(C)C(N)CC(=O)N(C)c1ccccc1C(=O)O. The molecule has 5 heteroatoms. The van der Waals surface area contributed by atoms with Gasteiger partial charge in [-0.05, 0) is 18.1 Å². The second kappa shape index (κ2) is 6.33. The minimum absolute atomic E-state index is 0.108. The van der Waals surface area contributed by atoms with Crippen LogP contribution >= 0.6 is 0 Å². The highest BCUT2D eigenvalue weighted by Crippen LogP contribution is 2.20. The maximum absolute atomic E-state index is 12.1. The highest BCUT2D eigenvalue weighted by atomic mass is 16.4. The number of rotatable bonds is 5. The molecule has 1 rings (SSSR count). The van der Waals surface area contributed by atoms with Crippen molar-refractivity contribution in [3.8, 4) is 0 Å². The molecule has 104 valence electrons. The first-order valence-corrected chi connectivity index (χ1v) is 6.19. The van der Waals surface area contributed by atoms with Crippen LogP contribution in [0.5, 0.6) is 0 Å². The van der Waals surface area contributed by atoms with Crippen molar-refractivity contribution < 1.29 is 14.7 Å². The smallest absolute Gasteiger partial charge is 0.337 e. The number of nitrogens with zero attached hydrogens (tertiary/aromatic N) is 1. The summed E-state index contributed by atoms with van der Waals surface area (Å²) in [4.78, 5) is 24.6. The summed E-state index contributed by atoms with van der Waals surface area (Å²) in [6.45, 7) is 3.90. The topological polar surface area (TPSA) is 83.6 Å². The number of anilines is 1. The Morgan fingerprint density at radius 1 is 1.32 bits per heavy atom. The summed E-state index contributed by atoms with van der Waals surface area (Å²) in [5, 5.41) is 9.10. The second-order valence-electron chi connectivity index (χ2n) is 4.89. The predicted octanol–water partition coefficient (Wildman–Crippen LogP) is 1.72. The van der Waals surface area contributed by atoms with Crippen LogP contribution in [0.3, 0.4) is 0 Å². The number of hydrogen-bond donors (Lipinski definition) is 2. The molecule has 0 saturated carbocycles. The molecule has 0 saturated heterocycles. The Morgan fingerprint density at radius 2 is 1.89 bits per heavy atom. The van der Waals surface area contributed by atoms with Gasteiger partial charge in [0.1, 0.15) is 0 Å². The Kier molecular flexibility index (Phi) is 5.06. The van der Waals surface area contributed by atoms with Crippen molar-refractivity contribution in [3.05, 3.63) is 29.8 Å². The lowest BCUT2D eigenvalue weighted by atomic mass is 10.0. The predicted molar refractivity (Wildman–Crippen MR) is 74.2 cm³/mol. The Labute approximate surface area is 113 Å². The van der Waals surface area contributed by atoms with Crippen molar-refractivity contribution >= 4 is 17.6 Å². The lowest BCUT2D eigenvalue weighted by Gasteiger charge is -2.22. The van der Waals surface area contributed by atoms with Crippen molar-refractivity contribution in [2.45, 2.75) is 26.3 Å². The van der Waals surface area contributed by atoms with Gasteiger partial charge in [-0.3, -0.25) is 4.79 Å². The summed E-state index contributed by atoms with van der Waals surface area (Å²) in [7, 11) is 1.57. The van der Waals surface area contributed by atoms with E-state index >= 15 is 0 Å². The fourth-order valence-corrected chi connectivity index (χ4v) is 1.66. The number of amides is 1. The molecular formula is C14H20N2O3. The van der Waals surface area contributed by atoms with Gasteiger partial charge in [0, 0.05) is 19.5 Å². The standard InChI is InChI=1S/C14H20N2O3/c1-9(2)11(15)8-13(17)16(3)12-7-5-4-6-10(12)14(18)19/h4-7,9,11H,8,15H2,1-3H3,(H,18,19). The number of carboxylic acids is 1. The quantitative estimate of drug-likeness (QED) is 0.848. The third-order valence-electron chi connectivity index (χ3n) is 3.14. The molecule has 1 atom stereocenters. The molecule has 5 nitrogen and oxygen atoms in total. The third kappa shape index (κ3) is 3.79. The molecule has 0 aromatic heterocycles. The Balaban J connectivity index is 2.91. The van der Waals surface area contributed by atoms with Gasteiger partial charge in [0.2, 0.25) is 5.91 Å². The number of aromatic carboxylic acids is 1. The molecule has 0 spiro atoms. The van der Waals surface area contributed by atoms with Crippen LogP contribution in [0.1, 0.15) is 30.6 Å². The Morgan fingerprint density at radius 3 is 2.42 bits per heavy atom. The third-order valence-corrected chi connectivity index (χ3v) is 3.14. The number of carbonyl (C=O) groups excluding carboxylic acids is 1. The van der Waals surface area contributed by atoms with E-state index < -0.39 is 5.97 Å². The van der Waals surface area contributed by atoms with Gasteiger partial charge >= 0.3 is 5.97 Å². The van der Waals surface area contributed by atoms with Gasteiger partial charge in [0.15, 0.2) is 0 Å². The fourth-order valence-electron chi connectivity index (χ4n) is 1.66. The van der Waals surface area contributed by atoms with Gasteiger partial charge in [-0.1, -0.05) is 26.0 Å². The summed E-state index contributed by atoms with van der Waals surface area (Å²) >= 11 is 0. The lowest BCUT2D eigenvalue weighted by Crippen LogP contribution is -2.36. The molecule has 0 bridgehead atoms. The van der Waals surface area contributed by atoms with Gasteiger partial charge in [0.05, 0.1) is 11.3 Å². The zero-order valence-electron chi connectivity index (χ0n) is 11.5. The monoisotopic (exact) mass is 264 g/mol. The minimum Gasteiger partial charge on any atom is -0.478 e. The van der Waals surface area contributed by atoms with Crippen LogP contribution in [0.15, 0.2) is 24.3 Å². The highest BCUT2D eigenvalue weighted by Gasteiger charge is 2.20. The van der Waals surface area contributed by atoms with E-state index in [0.29, 0.717) is 5.69 Å². The normalized spacial score (nSPS) is 12.3. The molecule has 0 fully saturated rings. The van der Waals surface area contributed by atoms with Crippen LogP contribution in [0.4, 0.5) is 5.69 Å². The van der Waals surface area contributed by atoms with E-state index in [1.165, 1.54) is 11.0 Å². The van der Waals surface area contributed by atoms with Gasteiger partial charge < -0.3 is 15.7 Å². The highest BCUT2D eigenvalue weighted by molar-refractivity contribution is 6.01. The molecule has 1 aromatic carbocycles. The molecule has 0 aliphatic rings. The molecule has 1 amide bonds. The van der Waals surface area contributed by atoms with Crippen LogP contribution in [-0.2, 0) is 4.79 Å². The van der Waals surface area contributed by atoms with E-state index in [9.17, 15) is 9.59 Å². The summed E-state index contributed by atoms with van der Waals surface area (Å²) in [6.07, 6.45) is 0.197. The largest absolute Gasteiger partial charge is 0.478 e. The fraction of sp³-hybridized carbons (Fsp3) is 0.429. The minimum atomic E-state index is -1.05. The van der Waals surface area contributed by atoms with Crippen molar-refractivity contribution in [1.29, 1.82) is 0 Å². The summed E-state index contributed by atoms with van der Waals surface area (Å²) in [6, 6.07) is 6.19. The van der Waals surface area contributed by atoms with Gasteiger partial charge in [-0.25, -0.2) is 4.79 Å². The number of benzene rings is 1. The van der Waals surface area contributed by atoms with E-state index in [-0.39, 0.29) is 29.9 Å². The molecule has 0 radical (unpaired) electrons. The van der Waals surface area contributed by atoms with Crippen LogP contribution in [0.2, 0.25) is 0 Å². The number of carboxylic acid groups (broad SMARTS) is 1. The molecule has 1 unspecified atom stereocenters. The van der Waals surface area contributed by atoms with Gasteiger partial charge in [-0.15, -0.1) is 0 Å². The van der Waals surface area contributed by atoms with Crippen LogP contribution < -0.4 is 10.6 Å². The molecule has 3 N–H and O–H groups in total. The van der Waals surface area contributed by atoms with Crippen molar-refractivity contribution in [3.63, 3.8) is 0 Å². The molecular weight excluding hydrogens is 244 g/mol. The van der Waals surface area contributed by atoms with Crippen LogP contribution in [0, 0.1) is 5.92 Å². The molecule has 1 aromatic rings. The molecule has 0 aliphatic carbocycles. The molecule has 0 heterocycles. The van der Waals surface area contributed by atoms with E-state index in [1.54, 1.807) is 25.2 Å². The first-order chi connectivity index (χ1) is 8.84. The van der Waals surface area contributed by atoms with E-state index in [1.807, 2.05) is 13.8 Å². The first-order valence-electron chi connectivity index (χ1n) is 6.19. The Bertz CT molecular complexity index is 472. The van der Waals surface area contributed by atoms with E-state index in [0.717, 1.165) is 0 Å². The van der Waals surface area contributed by atoms with Gasteiger partial charge in [0.25, 0.3) is 0 Å². The lowest BCUT2D eigenvalue weighted by molar-refractivity contribution is -0.118. The zero-order valence-corrected chi connectivity index (χ0v) is 11.5. The zero-order chi connectivity index (χ0) is 14.6. The van der Waals surface area contributed by atoms with Gasteiger partial charge in [-0.2, -0.15) is 0 Å². The maximum atomic E-state index is 12.1. The average Bonchev–Trinajstić information content (AvgIpc) is 2.37. The van der Waals surface area contributed by atoms with Crippen molar-refractivity contribution in [2.24, 2.45) is 11.7 Å². The maximum Gasteiger partial charge on any atom is 0.337 e. The summed E-state index contributed by atoms with van der Waals surface area (Å²) < 4.78 is 0. The molecule has 19 heavy (non-hydrogen) atoms. The number of nitrogens with two attached hydrogens (primary N) is 1. The Hall–Kier alpha value is -1.88. The summed E-state index contributed by atoms with van der Waals surface area (Å²) in [5.74, 6) is -1.04. The molecule has 0 aliphatic heterocycles. The van der Waals surface area contributed by atoms with Crippen molar-refractivity contribution in [2.75, 3.05) is 11.9 Å².